The summed E-state index contributed by atoms with van der Waals surface area (Å²) in [5.41, 5.74) is 4.15. The summed E-state index contributed by atoms with van der Waals surface area (Å²) in [6.45, 7) is 12.7. The third-order valence-electron chi connectivity index (χ3n) is 4.69. The lowest BCUT2D eigenvalue weighted by Crippen LogP contribution is -2.55. The molecule has 1 N–H and O–H groups in total. The standard InChI is InChI=1S/C17H28N2O/c1-13-6-7-15(12-14(13)2)16(18-5)17(3,4)19-8-10-20-11-9-19/h6-7,12,16,18H,8-11H2,1-5H3. The molecule has 1 saturated heterocycles. The molecule has 0 aromatic heterocycles. The predicted octanol–water partition coefficient (Wildman–Crippen LogP) is 2.67. The highest BCUT2D eigenvalue weighted by atomic mass is 16.5. The minimum atomic E-state index is 0.0697. The van der Waals surface area contributed by atoms with Gasteiger partial charge in [-0.25, -0.2) is 0 Å². The molecule has 0 radical (unpaired) electrons. The first-order valence-electron chi connectivity index (χ1n) is 7.54. The maximum Gasteiger partial charge on any atom is 0.0594 e. The summed E-state index contributed by atoms with van der Waals surface area (Å²) >= 11 is 0. The molecule has 1 aromatic carbocycles. The molecule has 2 rings (SSSR count). The Morgan fingerprint density at radius 3 is 2.35 bits per heavy atom. The number of morpholine rings is 1. The minimum absolute atomic E-state index is 0.0697. The maximum atomic E-state index is 5.49. The van der Waals surface area contributed by atoms with Crippen LogP contribution >= 0.6 is 0 Å². The number of hydrogen-bond donors (Lipinski definition) is 1. The van der Waals surface area contributed by atoms with Crippen LogP contribution < -0.4 is 5.32 Å². The molecule has 1 heterocycles. The fraction of sp³-hybridized carbons (Fsp3) is 0.647. The molecule has 0 amide bonds. The Bertz CT molecular complexity index is 450. The van der Waals surface area contributed by atoms with Gasteiger partial charge in [0.05, 0.1) is 13.2 Å². The van der Waals surface area contributed by atoms with E-state index in [1.807, 2.05) is 0 Å². The Morgan fingerprint density at radius 2 is 1.80 bits per heavy atom. The van der Waals surface area contributed by atoms with Crippen molar-refractivity contribution >= 4 is 0 Å². The van der Waals surface area contributed by atoms with E-state index in [0.29, 0.717) is 6.04 Å². The fourth-order valence-corrected chi connectivity index (χ4v) is 3.19. The van der Waals surface area contributed by atoms with Crippen LogP contribution in [0.5, 0.6) is 0 Å². The van der Waals surface area contributed by atoms with E-state index < -0.39 is 0 Å². The highest BCUT2D eigenvalue weighted by Crippen LogP contribution is 2.32. The van der Waals surface area contributed by atoms with Gasteiger partial charge in [0.25, 0.3) is 0 Å². The van der Waals surface area contributed by atoms with Crippen molar-refractivity contribution in [2.24, 2.45) is 0 Å². The highest BCUT2D eigenvalue weighted by molar-refractivity contribution is 5.33. The third kappa shape index (κ3) is 3.05. The first-order chi connectivity index (χ1) is 9.46. The van der Waals surface area contributed by atoms with Crippen LogP contribution in [0.4, 0.5) is 0 Å². The van der Waals surface area contributed by atoms with Crippen LogP contribution in [0.2, 0.25) is 0 Å². The van der Waals surface area contributed by atoms with Gasteiger partial charge in [-0.05, 0) is 51.4 Å². The van der Waals surface area contributed by atoms with Crippen LogP contribution in [0.3, 0.4) is 0 Å². The Labute approximate surface area is 123 Å². The molecule has 0 bridgehead atoms. The van der Waals surface area contributed by atoms with Gasteiger partial charge in [0, 0.05) is 24.7 Å². The van der Waals surface area contributed by atoms with Gasteiger partial charge < -0.3 is 10.1 Å². The minimum Gasteiger partial charge on any atom is -0.379 e. The maximum absolute atomic E-state index is 5.49. The smallest absolute Gasteiger partial charge is 0.0594 e. The van der Waals surface area contributed by atoms with Crippen LogP contribution in [0, 0.1) is 13.8 Å². The van der Waals surface area contributed by atoms with Crippen molar-refractivity contribution in [2.45, 2.75) is 39.3 Å². The summed E-state index contributed by atoms with van der Waals surface area (Å²) in [6, 6.07) is 7.12. The summed E-state index contributed by atoms with van der Waals surface area (Å²) in [5, 5.41) is 3.52. The summed E-state index contributed by atoms with van der Waals surface area (Å²) in [6.07, 6.45) is 0. The number of nitrogens with zero attached hydrogens (tertiary/aromatic N) is 1. The van der Waals surface area contributed by atoms with Gasteiger partial charge in [0.15, 0.2) is 0 Å². The number of benzene rings is 1. The number of rotatable bonds is 4. The first-order valence-corrected chi connectivity index (χ1v) is 7.54. The second-order valence-corrected chi connectivity index (χ2v) is 6.32. The molecule has 20 heavy (non-hydrogen) atoms. The van der Waals surface area contributed by atoms with Crippen molar-refractivity contribution < 1.29 is 4.74 Å². The molecule has 112 valence electrons. The van der Waals surface area contributed by atoms with Crippen molar-refractivity contribution in [2.75, 3.05) is 33.4 Å². The molecule has 1 unspecified atom stereocenters. The van der Waals surface area contributed by atoms with Crippen molar-refractivity contribution in [3.63, 3.8) is 0 Å². The zero-order valence-electron chi connectivity index (χ0n) is 13.5. The molecule has 3 heteroatoms. The van der Waals surface area contributed by atoms with E-state index in [-0.39, 0.29) is 5.54 Å². The summed E-state index contributed by atoms with van der Waals surface area (Å²) in [7, 11) is 2.06. The van der Waals surface area contributed by atoms with Crippen molar-refractivity contribution in [1.29, 1.82) is 0 Å². The number of ether oxygens (including phenoxy) is 1. The van der Waals surface area contributed by atoms with Gasteiger partial charge in [-0.15, -0.1) is 0 Å². The Hall–Kier alpha value is -0.900. The van der Waals surface area contributed by atoms with Gasteiger partial charge in [0.1, 0.15) is 0 Å². The number of hydrogen-bond acceptors (Lipinski definition) is 3. The van der Waals surface area contributed by atoms with Gasteiger partial charge in [-0.3, -0.25) is 4.90 Å². The van der Waals surface area contributed by atoms with E-state index in [9.17, 15) is 0 Å². The van der Waals surface area contributed by atoms with E-state index >= 15 is 0 Å². The number of aryl methyl sites for hydroxylation is 2. The van der Waals surface area contributed by atoms with Crippen molar-refractivity contribution in [1.82, 2.24) is 10.2 Å². The lowest BCUT2D eigenvalue weighted by Gasteiger charge is -2.46. The molecular weight excluding hydrogens is 248 g/mol. The molecule has 1 atom stereocenters. The highest BCUT2D eigenvalue weighted by Gasteiger charge is 2.36. The molecule has 1 aromatic rings. The monoisotopic (exact) mass is 276 g/mol. The van der Waals surface area contributed by atoms with E-state index in [4.69, 9.17) is 4.74 Å². The molecule has 3 nitrogen and oxygen atoms in total. The molecular formula is C17H28N2O. The average Bonchev–Trinajstić information content (AvgIpc) is 2.44. The van der Waals surface area contributed by atoms with Gasteiger partial charge in [-0.1, -0.05) is 18.2 Å². The van der Waals surface area contributed by atoms with Crippen LogP contribution in [0.15, 0.2) is 18.2 Å². The number of likely N-dealkylation sites (N-methyl/N-ethyl adjacent to an activating group) is 1. The van der Waals surface area contributed by atoms with Crippen molar-refractivity contribution in [3.05, 3.63) is 34.9 Å². The topological polar surface area (TPSA) is 24.5 Å². The Kier molecular flexibility index (Phi) is 4.84. The largest absolute Gasteiger partial charge is 0.379 e. The van der Waals surface area contributed by atoms with Crippen LogP contribution in [-0.2, 0) is 4.74 Å². The molecule has 0 saturated carbocycles. The summed E-state index contributed by atoms with van der Waals surface area (Å²) in [5.74, 6) is 0. The first kappa shape index (κ1) is 15.5. The number of nitrogens with one attached hydrogen (secondary N) is 1. The van der Waals surface area contributed by atoms with Gasteiger partial charge >= 0.3 is 0 Å². The van der Waals surface area contributed by atoms with E-state index in [1.54, 1.807) is 0 Å². The third-order valence-corrected chi connectivity index (χ3v) is 4.69. The van der Waals surface area contributed by atoms with Gasteiger partial charge in [-0.2, -0.15) is 0 Å². The second kappa shape index (κ2) is 6.25. The second-order valence-electron chi connectivity index (χ2n) is 6.32. The lowest BCUT2D eigenvalue weighted by atomic mass is 9.85. The zero-order valence-corrected chi connectivity index (χ0v) is 13.5. The van der Waals surface area contributed by atoms with E-state index in [0.717, 1.165) is 26.3 Å². The van der Waals surface area contributed by atoms with E-state index in [2.05, 4.69) is 63.2 Å². The lowest BCUT2D eigenvalue weighted by molar-refractivity contribution is -0.0229. The Balaban J connectivity index is 2.27. The summed E-state index contributed by atoms with van der Waals surface area (Å²) < 4.78 is 5.49. The van der Waals surface area contributed by atoms with Gasteiger partial charge in [0.2, 0.25) is 0 Å². The van der Waals surface area contributed by atoms with Crippen LogP contribution in [0.25, 0.3) is 0 Å². The molecule has 0 aliphatic carbocycles. The average molecular weight is 276 g/mol. The Morgan fingerprint density at radius 1 is 1.15 bits per heavy atom. The predicted molar refractivity (Wildman–Crippen MR) is 84.2 cm³/mol. The SMILES string of the molecule is CNC(c1ccc(C)c(C)c1)C(C)(C)N1CCOCC1. The van der Waals surface area contributed by atoms with Crippen LogP contribution in [0.1, 0.15) is 36.6 Å². The van der Waals surface area contributed by atoms with Crippen LogP contribution in [-0.4, -0.2) is 43.8 Å². The quantitative estimate of drug-likeness (QED) is 0.915. The molecule has 1 fully saturated rings. The molecule has 1 aliphatic rings. The van der Waals surface area contributed by atoms with E-state index in [1.165, 1.54) is 16.7 Å². The zero-order chi connectivity index (χ0) is 14.8. The fourth-order valence-electron chi connectivity index (χ4n) is 3.19. The normalized spacial score (nSPS) is 19.1. The summed E-state index contributed by atoms with van der Waals surface area (Å²) in [4.78, 5) is 2.53. The molecule has 1 aliphatic heterocycles. The molecule has 0 spiro atoms. The van der Waals surface area contributed by atoms with Crippen molar-refractivity contribution in [3.8, 4) is 0 Å².